The molecule has 3 N–H and O–H groups in total. The highest BCUT2D eigenvalue weighted by Crippen LogP contribution is 2.19. The van der Waals surface area contributed by atoms with Gasteiger partial charge in [0.15, 0.2) is 5.78 Å². The Kier molecular flexibility index (Phi) is 3.87. The highest BCUT2D eigenvalue weighted by atomic mass is 32.1. The molecule has 0 aliphatic heterocycles. The molecule has 1 aromatic carbocycles. The van der Waals surface area contributed by atoms with Gasteiger partial charge in [-0.2, -0.15) is 0 Å². The highest BCUT2D eigenvalue weighted by molar-refractivity contribution is 7.80. The average molecular weight is 271 g/mol. The second-order valence-electron chi connectivity index (χ2n) is 4.02. The Labute approximate surface area is 116 Å². The number of pyridine rings is 1. The van der Waals surface area contributed by atoms with Crippen LogP contribution < -0.4 is 11.1 Å². The van der Waals surface area contributed by atoms with Gasteiger partial charge in [-0.1, -0.05) is 12.2 Å². The topological polar surface area (TPSA) is 68.0 Å². The van der Waals surface area contributed by atoms with Crippen LogP contribution in [0.3, 0.4) is 0 Å². The quantitative estimate of drug-likeness (QED) is 0.661. The van der Waals surface area contributed by atoms with Crippen LogP contribution in [0.4, 0.5) is 11.5 Å². The van der Waals surface area contributed by atoms with Crippen LogP contribution >= 0.6 is 12.2 Å². The number of nitrogens with one attached hydrogen (secondary N) is 1. The summed E-state index contributed by atoms with van der Waals surface area (Å²) in [5.74, 6) is 0.638. The fourth-order valence-corrected chi connectivity index (χ4v) is 1.79. The smallest absolute Gasteiger partial charge is 0.159 e. The molecule has 1 aromatic heterocycles. The molecule has 2 rings (SSSR count). The summed E-state index contributed by atoms with van der Waals surface area (Å²) < 4.78 is 0. The number of hydrogen-bond donors (Lipinski definition) is 2. The number of hydrogen-bond acceptors (Lipinski definition) is 4. The largest absolute Gasteiger partial charge is 0.389 e. The maximum atomic E-state index is 11.2. The summed E-state index contributed by atoms with van der Waals surface area (Å²) in [5, 5.41) is 3.13. The van der Waals surface area contributed by atoms with E-state index in [1.807, 2.05) is 18.2 Å². The normalized spacial score (nSPS) is 9.95. The van der Waals surface area contributed by atoms with Crippen molar-refractivity contribution in [2.24, 2.45) is 5.73 Å². The van der Waals surface area contributed by atoms with Gasteiger partial charge in [0.2, 0.25) is 0 Å². The van der Waals surface area contributed by atoms with Crippen molar-refractivity contribution in [3.8, 4) is 0 Å². The molecule has 0 bridgehead atoms. The lowest BCUT2D eigenvalue weighted by molar-refractivity contribution is 0.101. The Morgan fingerprint density at radius 3 is 2.53 bits per heavy atom. The number of carbonyl (C=O) groups excluding carboxylic acids is 1. The summed E-state index contributed by atoms with van der Waals surface area (Å²) in [5.41, 5.74) is 7.82. The predicted molar refractivity (Wildman–Crippen MR) is 79.9 cm³/mol. The zero-order valence-electron chi connectivity index (χ0n) is 10.4. The summed E-state index contributed by atoms with van der Waals surface area (Å²) >= 11 is 4.97. The van der Waals surface area contributed by atoms with Gasteiger partial charge in [0.05, 0.1) is 5.56 Å². The van der Waals surface area contributed by atoms with Crippen LogP contribution in [0.25, 0.3) is 0 Å². The molecular formula is C14H13N3OS. The number of anilines is 2. The van der Waals surface area contributed by atoms with Gasteiger partial charge in [0, 0.05) is 17.4 Å². The van der Waals surface area contributed by atoms with E-state index in [9.17, 15) is 4.79 Å². The third-order valence-electron chi connectivity index (χ3n) is 2.63. The average Bonchev–Trinajstić information content (AvgIpc) is 2.39. The summed E-state index contributed by atoms with van der Waals surface area (Å²) in [6, 6.07) is 10.7. The van der Waals surface area contributed by atoms with E-state index >= 15 is 0 Å². The van der Waals surface area contributed by atoms with Crippen LogP contribution in [0.15, 0.2) is 42.6 Å². The molecular weight excluding hydrogens is 258 g/mol. The lowest BCUT2D eigenvalue weighted by atomic mass is 10.1. The number of nitrogens with two attached hydrogens (primary N) is 1. The van der Waals surface area contributed by atoms with Gasteiger partial charge in [0.1, 0.15) is 10.8 Å². The summed E-state index contributed by atoms with van der Waals surface area (Å²) in [6.45, 7) is 1.53. The third-order valence-corrected chi connectivity index (χ3v) is 2.85. The van der Waals surface area contributed by atoms with Gasteiger partial charge in [-0.05, 0) is 43.3 Å². The van der Waals surface area contributed by atoms with Crippen molar-refractivity contribution in [3.63, 3.8) is 0 Å². The van der Waals surface area contributed by atoms with Crippen molar-refractivity contribution in [2.45, 2.75) is 6.92 Å². The molecule has 1 heterocycles. The van der Waals surface area contributed by atoms with Crippen LogP contribution in [-0.4, -0.2) is 15.8 Å². The first-order chi connectivity index (χ1) is 9.08. The number of rotatable bonds is 4. The van der Waals surface area contributed by atoms with Crippen molar-refractivity contribution >= 4 is 34.5 Å². The van der Waals surface area contributed by atoms with Crippen molar-refractivity contribution < 1.29 is 4.79 Å². The minimum Gasteiger partial charge on any atom is -0.389 e. The van der Waals surface area contributed by atoms with Gasteiger partial charge in [-0.15, -0.1) is 0 Å². The van der Waals surface area contributed by atoms with Crippen LogP contribution in [0.2, 0.25) is 0 Å². The third kappa shape index (κ3) is 3.14. The molecule has 0 spiro atoms. The van der Waals surface area contributed by atoms with E-state index in [2.05, 4.69) is 10.3 Å². The number of nitrogens with zero attached hydrogens (tertiary/aromatic N) is 1. The molecule has 0 aliphatic carbocycles. The van der Waals surface area contributed by atoms with E-state index in [-0.39, 0.29) is 10.8 Å². The number of Topliss-reactive ketones (excluding diaryl/α,β-unsaturated/α-hetero) is 1. The molecule has 0 saturated heterocycles. The second-order valence-corrected chi connectivity index (χ2v) is 4.46. The highest BCUT2D eigenvalue weighted by Gasteiger charge is 2.06. The van der Waals surface area contributed by atoms with Crippen molar-refractivity contribution in [1.82, 2.24) is 4.98 Å². The van der Waals surface area contributed by atoms with Gasteiger partial charge in [0.25, 0.3) is 0 Å². The van der Waals surface area contributed by atoms with Gasteiger partial charge < -0.3 is 11.1 Å². The zero-order chi connectivity index (χ0) is 13.8. The van der Waals surface area contributed by atoms with E-state index in [1.165, 1.54) is 6.92 Å². The molecule has 0 aliphatic rings. The monoisotopic (exact) mass is 271 g/mol. The zero-order valence-corrected chi connectivity index (χ0v) is 11.2. The number of ketones is 1. The second kappa shape index (κ2) is 5.58. The lowest BCUT2D eigenvalue weighted by Gasteiger charge is -2.09. The van der Waals surface area contributed by atoms with Crippen LogP contribution in [-0.2, 0) is 0 Å². The summed E-state index contributed by atoms with van der Waals surface area (Å²) in [6.07, 6.45) is 1.66. The molecule has 0 saturated carbocycles. The first-order valence-electron chi connectivity index (χ1n) is 5.71. The maximum absolute atomic E-state index is 11.2. The Morgan fingerprint density at radius 2 is 1.95 bits per heavy atom. The molecule has 0 radical (unpaired) electrons. The Bertz CT molecular complexity index is 623. The Hall–Kier alpha value is -2.27. The molecule has 0 atom stereocenters. The van der Waals surface area contributed by atoms with Crippen molar-refractivity contribution in [2.75, 3.05) is 5.32 Å². The predicted octanol–water partition coefficient (Wildman–Crippen LogP) is 2.66. The van der Waals surface area contributed by atoms with Crippen LogP contribution in [0, 0.1) is 0 Å². The van der Waals surface area contributed by atoms with E-state index in [0.29, 0.717) is 16.9 Å². The van der Waals surface area contributed by atoms with Gasteiger partial charge >= 0.3 is 0 Å². The molecule has 2 aromatic rings. The van der Waals surface area contributed by atoms with E-state index < -0.39 is 0 Å². The van der Waals surface area contributed by atoms with E-state index in [0.717, 1.165) is 5.69 Å². The van der Waals surface area contributed by atoms with Crippen molar-refractivity contribution in [3.05, 3.63) is 53.7 Å². The number of aromatic nitrogens is 1. The Morgan fingerprint density at radius 1 is 1.26 bits per heavy atom. The first-order valence-corrected chi connectivity index (χ1v) is 6.11. The maximum Gasteiger partial charge on any atom is 0.159 e. The van der Waals surface area contributed by atoms with Crippen LogP contribution in [0.5, 0.6) is 0 Å². The minimum atomic E-state index is 0.0354. The number of benzene rings is 1. The molecule has 5 heteroatoms. The molecule has 19 heavy (non-hydrogen) atoms. The molecule has 96 valence electrons. The molecule has 0 fully saturated rings. The molecule has 0 unspecified atom stereocenters. The number of thiocarbonyl (C=S) groups is 1. The standard InChI is InChI=1S/C14H13N3OS/c1-9(18)10-4-6-11(7-5-10)17-14-12(13(15)19)3-2-8-16-14/h2-8H,1H3,(H2,15,19)(H,16,17). The number of carbonyl (C=O) groups is 1. The summed E-state index contributed by atoms with van der Waals surface area (Å²) in [4.78, 5) is 15.7. The SMILES string of the molecule is CC(=O)c1ccc(Nc2ncccc2C(N)=S)cc1. The Balaban J connectivity index is 2.26. The summed E-state index contributed by atoms with van der Waals surface area (Å²) in [7, 11) is 0. The lowest BCUT2D eigenvalue weighted by Crippen LogP contribution is -2.12. The fraction of sp³-hybridized carbons (Fsp3) is 0.0714. The fourth-order valence-electron chi connectivity index (χ4n) is 1.63. The van der Waals surface area contributed by atoms with Crippen molar-refractivity contribution in [1.29, 1.82) is 0 Å². The molecule has 0 amide bonds. The van der Waals surface area contributed by atoms with Gasteiger partial charge in [-0.3, -0.25) is 4.79 Å². The minimum absolute atomic E-state index is 0.0354. The van der Waals surface area contributed by atoms with Crippen LogP contribution in [0.1, 0.15) is 22.8 Å². The van der Waals surface area contributed by atoms with E-state index in [4.69, 9.17) is 18.0 Å². The van der Waals surface area contributed by atoms with Gasteiger partial charge in [-0.25, -0.2) is 4.98 Å². The first kappa shape index (κ1) is 13.2. The molecule has 4 nitrogen and oxygen atoms in total. The van der Waals surface area contributed by atoms with E-state index in [1.54, 1.807) is 24.4 Å².